The van der Waals surface area contributed by atoms with E-state index in [4.69, 9.17) is 14.6 Å². The maximum atomic E-state index is 11.8. The van der Waals surface area contributed by atoms with Gasteiger partial charge < -0.3 is 14.6 Å². The van der Waals surface area contributed by atoms with Crippen molar-refractivity contribution in [1.82, 2.24) is 0 Å². The third-order valence-corrected chi connectivity index (χ3v) is 3.10. The monoisotopic (exact) mass is 265 g/mol. The highest BCUT2D eigenvalue weighted by Crippen LogP contribution is 2.24. The lowest BCUT2D eigenvalue weighted by molar-refractivity contribution is 0.104. The lowest BCUT2D eigenvalue weighted by atomic mass is 10.1. The van der Waals surface area contributed by atoms with Crippen molar-refractivity contribution < 1.29 is 19.4 Å². The standard InChI is InChI=1S/C14H19NO4/c1-2-18-13-5-3-12(4-6-13)15-9-11(7-8-16)10-19-14(15)17/h3-6,11,16H,2,7-10H2,1H3. The molecule has 5 nitrogen and oxygen atoms in total. The molecule has 1 heterocycles. The Balaban J connectivity index is 2.07. The summed E-state index contributed by atoms with van der Waals surface area (Å²) in [6, 6.07) is 7.35. The molecule has 0 aliphatic carbocycles. The first-order chi connectivity index (χ1) is 9.24. The van der Waals surface area contributed by atoms with Crippen LogP contribution in [0.4, 0.5) is 10.5 Å². The van der Waals surface area contributed by atoms with Gasteiger partial charge in [-0.15, -0.1) is 0 Å². The van der Waals surface area contributed by atoms with Gasteiger partial charge in [-0.3, -0.25) is 4.90 Å². The van der Waals surface area contributed by atoms with Gasteiger partial charge in [-0.05, 0) is 37.6 Å². The highest BCUT2D eigenvalue weighted by Gasteiger charge is 2.27. The second-order valence-corrected chi connectivity index (χ2v) is 4.49. The molecular formula is C14H19NO4. The predicted molar refractivity (Wildman–Crippen MR) is 71.5 cm³/mol. The smallest absolute Gasteiger partial charge is 0.414 e. The van der Waals surface area contributed by atoms with Gasteiger partial charge in [0.1, 0.15) is 5.75 Å². The minimum Gasteiger partial charge on any atom is -0.494 e. The quantitative estimate of drug-likeness (QED) is 0.885. The number of rotatable bonds is 5. The van der Waals surface area contributed by atoms with Crippen molar-refractivity contribution in [3.05, 3.63) is 24.3 Å². The maximum absolute atomic E-state index is 11.8. The number of aliphatic hydroxyl groups is 1. The van der Waals surface area contributed by atoms with E-state index in [0.29, 0.717) is 26.2 Å². The average Bonchev–Trinajstić information content (AvgIpc) is 2.43. The molecule has 1 aliphatic rings. The van der Waals surface area contributed by atoms with Gasteiger partial charge in [-0.2, -0.15) is 0 Å². The molecule has 1 amide bonds. The summed E-state index contributed by atoms with van der Waals surface area (Å²) < 4.78 is 10.5. The fraction of sp³-hybridized carbons (Fsp3) is 0.500. The molecule has 1 aromatic carbocycles. The van der Waals surface area contributed by atoms with Crippen LogP contribution >= 0.6 is 0 Å². The Kier molecular flexibility index (Phi) is 4.63. The Morgan fingerprint density at radius 1 is 1.42 bits per heavy atom. The molecule has 19 heavy (non-hydrogen) atoms. The number of hydrogen-bond acceptors (Lipinski definition) is 4. The average molecular weight is 265 g/mol. The van der Waals surface area contributed by atoms with Gasteiger partial charge in [0.05, 0.1) is 13.2 Å². The Labute approximate surface area is 112 Å². The lowest BCUT2D eigenvalue weighted by Gasteiger charge is -2.32. The minimum atomic E-state index is -0.335. The van der Waals surface area contributed by atoms with E-state index in [0.717, 1.165) is 11.4 Å². The lowest BCUT2D eigenvalue weighted by Crippen LogP contribution is -2.43. The molecular weight excluding hydrogens is 246 g/mol. The summed E-state index contributed by atoms with van der Waals surface area (Å²) in [6.45, 7) is 3.61. The summed E-state index contributed by atoms with van der Waals surface area (Å²) in [5, 5.41) is 8.96. The second kappa shape index (κ2) is 6.43. The highest BCUT2D eigenvalue weighted by molar-refractivity contribution is 5.88. The molecule has 0 spiro atoms. The molecule has 1 fully saturated rings. The zero-order valence-corrected chi connectivity index (χ0v) is 11.0. The van der Waals surface area contributed by atoms with Gasteiger partial charge in [0.15, 0.2) is 0 Å². The van der Waals surface area contributed by atoms with Crippen LogP contribution < -0.4 is 9.64 Å². The van der Waals surface area contributed by atoms with E-state index in [1.54, 1.807) is 4.90 Å². The van der Waals surface area contributed by atoms with E-state index in [-0.39, 0.29) is 18.6 Å². The number of benzene rings is 1. The molecule has 0 radical (unpaired) electrons. The molecule has 0 aromatic heterocycles. The van der Waals surface area contributed by atoms with Crippen molar-refractivity contribution in [3.8, 4) is 5.75 Å². The van der Waals surface area contributed by atoms with E-state index in [1.807, 2.05) is 31.2 Å². The van der Waals surface area contributed by atoms with Gasteiger partial charge in [-0.1, -0.05) is 0 Å². The summed E-state index contributed by atoms with van der Waals surface area (Å²) in [5.74, 6) is 0.956. The zero-order valence-electron chi connectivity index (χ0n) is 11.0. The van der Waals surface area contributed by atoms with E-state index in [1.165, 1.54) is 0 Å². The largest absolute Gasteiger partial charge is 0.494 e. The molecule has 1 N–H and O–H groups in total. The van der Waals surface area contributed by atoms with Crippen molar-refractivity contribution >= 4 is 11.8 Å². The summed E-state index contributed by atoms with van der Waals surface area (Å²) in [5.41, 5.74) is 0.788. The first-order valence-electron chi connectivity index (χ1n) is 6.52. The molecule has 104 valence electrons. The van der Waals surface area contributed by atoms with Gasteiger partial charge in [0, 0.05) is 24.8 Å². The molecule has 1 atom stereocenters. The molecule has 2 rings (SSSR count). The van der Waals surface area contributed by atoms with Crippen LogP contribution in [0.25, 0.3) is 0 Å². The highest BCUT2D eigenvalue weighted by atomic mass is 16.6. The van der Waals surface area contributed by atoms with Crippen LogP contribution in [0.3, 0.4) is 0 Å². The minimum absolute atomic E-state index is 0.110. The van der Waals surface area contributed by atoms with Crippen molar-refractivity contribution in [2.45, 2.75) is 13.3 Å². The van der Waals surface area contributed by atoms with Crippen LogP contribution in [0.1, 0.15) is 13.3 Å². The number of amides is 1. The van der Waals surface area contributed by atoms with Crippen molar-refractivity contribution in [3.63, 3.8) is 0 Å². The van der Waals surface area contributed by atoms with Gasteiger partial charge in [0.2, 0.25) is 0 Å². The molecule has 1 aromatic rings. The van der Waals surface area contributed by atoms with Crippen LogP contribution in [0.15, 0.2) is 24.3 Å². The van der Waals surface area contributed by atoms with E-state index in [2.05, 4.69) is 0 Å². The number of aliphatic hydroxyl groups excluding tert-OH is 1. The molecule has 0 bridgehead atoms. The Hall–Kier alpha value is -1.75. The maximum Gasteiger partial charge on any atom is 0.414 e. The fourth-order valence-corrected chi connectivity index (χ4v) is 2.11. The third kappa shape index (κ3) is 3.38. The molecule has 0 saturated carbocycles. The van der Waals surface area contributed by atoms with Gasteiger partial charge in [0.25, 0.3) is 0 Å². The van der Waals surface area contributed by atoms with E-state index < -0.39 is 0 Å². The van der Waals surface area contributed by atoms with Gasteiger partial charge in [-0.25, -0.2) is 4.79 Å². The van der Waals surface area contributed by atoms with E-state index in [9.17, 15) is 4.79 Å². The van der Waals surface area contributed by atoms with Crippen LogP contribution in [0.2, 0.25) is 0 Å². The van der Waals surface area contributed by atoms with Gasteiger partial charge >= 0.3 is 6.09 Å². The second-order valence-electron chi connectivity index (χ2n) is 4.49. The summed E-state index contributed by atoms with van der Waals surface area (Å²) >= 11 is 0. The first-order valence-corrected chi connectivity index (χ1v) is 6.52. The summed E-state index contributed by atoms with van der Waals surface area (Å²) in [4.78, 5) is 13.4. The first kappa shape index (κ1) is 13.7. The Bertz CT molecular complexity index is 418. The number of ether oxygens (including phenoxy) is 2. The Morgan fingerprint density at radius 3 is 2.79 bits per heavy atom. The number of cyclic esters (lactones) is 1. The van der Waals surface area contributed by atoms with Crippen LogP contribution in [0.5, 0.6) is 5.75 Å². The normalized spacial score (nSPS) is 19.2. The summed E-state index contributed by atoms with van der Waals surface area (Å²) in [6.07, 6.45) is 0.305. The SMILES string of the molecule is CCOc1ccc(N2CC(CCO)COC2=O)cc1. The number of carbonyl (C=O) groups excluding carboxylic acids is 1. The van der Waals surface area contributed by atoms with Crippen LogP contribution in [-0.4, -0.2) is 37.6 Å². The molecule has 1 aliphatic heterocycles. The molecule has 5 heteroatoms. The Morgan fingerprint density at radius 2 is 2.16 bits per heavy atom. The zero-order chi connectivity index (χ0) is 13.7. The number of nitrogens with zero attached hydrogens (tertiary/aromatic N) is 1. The third-order valence-electron chi connectivity index (χ3n) is 3.10. The van der Waals surface area contributed by atoms with Crippen molar-refractivity contribution in [1.29, 1.82) is 0 Å². The number of hydrogen-bond donors (Lipinski definition) is 1. The van der Waals surface area contributed by atoms with Crippen LogP contribution in [0, 0.1) is 5.92 Å². The number of carbonyl (C=O) groups is 1. The van der Waals surface area contributed by atoms with Crippen LogP contribution in [-0.2, 0) is 4.74 Å². The molecule has 1 saturated heterocycles. The van der Waals surface area contributed by atoms with Crippen molar-refractivity contribution in [2.24, 2.45) is 5.92 Å². The fourth-order valence-electron chi connectivity index (χ4n) is 2.11. The van der Waals surface area contributed by atoms with E-state index >= 15 is 0 Å². The number of anilines is 1. The predicted octanol–water partition coefficient (Wildman–Crippen LogP) is 2.04. The van der Waals surface area contributed by atoms with Crippen molar-refractivity contribution in [2.75, 3.05) is 31.3 Å². The molecule has 1 unspecified atom stereocenters. The summed E-state index contributed by atoms with van der Waals surface area (Å²) in [7, 11) is 0. The topological polar surface area (TPSA) is 59.0 Å².